The number of aromatic hydroxyl groups is 1. The molecule has 1 amide bonds. The maximum atomic E-state index is 12.3. The summed E-state index contributed by atoms with van der Waals surface area (Å²) in [5, 5.41) is 19.4. The minimum Gasteiger partial charge on any atom is -0.507 e. The predicted molar refractivity (Wildman–Crippen MR) is 73.2 cm³/mol. The zero-order chi connectivity index (χ0) is 14.0. The fourth-order valence-corrected chi connectivity index (χ4v) is 2.58. The predicted octanol–water partition coefficient (Wildman–Crippen LogP) is 1.93. The molecule has 2 rings (SSSR count). The highest BCUT2D eigenvalue weighted by Gasteiger charge is 2.27. The van der Waals surface area contributed by atoms with Crippen molar-refractivity contribution >= 4 is 5.91 Å². The largest absolute Gasteiger partial charge is 0.507 e. The minimum atomic E-state index is -0.315. The lowest BCUT2D eigenvalue weighted by Gasteiger charge is -2.33. The van der Waals surface area contributed by atoms with Gasteiger partial charge in [0, 0.05) is 13.1 Å². The van der Waals surface area contributed by atoms with Crippen molar-refractivity contribution in [3.05, 3.63) is 29.3 Å². The summed E-state index contributed by atoms with van der Waals surface area (Å²) in [4.78, 5) is 14.1. The lowest BCUT2D eigenvalue weighted by atomic mass is 9.92. The van der Waals surface area contributed by atoms with E-state index >= 15 is 0 Å². The average Bonchev–Trinajstić information content (AvgIpc) is 2.38. The van der Waals surface area contributed by atoms with Crippen LogP contribution in [-0.4, -0.2) is 40.2 Å². The van der Waals surface area contributed by atoms with Crippen LogP contribution in [0.1, 0.15) is 35.7 Å². The average molecular weight is 263 g/mol. The number of nitrogens with zero attached hydrogens (tertiary/aromatic N) is 1. The number of hydrogen-bond donors (Lipinski definition) is 2. The van der Waals surface area contributed by atoms with Crippen LogP contribution in [0.2, 0.25) is 0 Å². The number of likely N-dealkylation sites (tertiary alicyclic amines) is 1. The van der Waals surface area contributed by atoms with E-state index in [0.29, 0.717) is 18.7 Å². The van der Waals surface area contributed by atoms with Gasteiger partial charge in [-0.05, 0) is 50.3 Å². The maximum absolute atomic E-state index is 12.3. The van der Waals surface area contributed by atoms with Gasteiger partial charge in [0.1, 0.15) is 5.75 Å². The number of phenols is 1. The number of carbonyl (C=O) groups excluding carboxylic acids is 1. The lowest BCUT2D eigenvalue weighted by molar-refractivity contribution is 0.0519. The summed E-state index contributed by atoms with van der Waals surface area (Å²) in [6.07, 6.45) is 1.32. The van der Waals surface area contributed by atoms with Crippen LogP contribution in [0.15, 0.2) is 18.2 Å². The summed E-state index contributed by atoms with van der Waals surface area (Å²) in [6.45, 7) is 4.96. The molecule has 0 aromatic heterocycles. The van der Waals surface area contributed by atoms with E-state index in [1.807, 2.05) is 13.0 Å². The number of aryl methyl sites for hydroxylation is 1. The summed E-state index contributed by atoms with van der Waals surface area (Å²) in [5.74, 6) is 0.194. The summed E-state index contributed by atoms with van der Waals surface area (Å²) in [7, 11) is 0. The number of carbonyl (C=O) groups is 1. The monoisotopic (exact) mass is 263 g/mol. The molecule has 0 spiro atoms. The van der Waals surface area contributed by atoms with Gasteiger partial charge >= 0.3 is 0 Å². The zero-order valence-electron chi connectivity index (χ0n) is 11.5. The number of piperidine rings is 1. The Labute approximate surface area is 113 Å². The first-order valence-electron chi connectivity index (χ1n) is 6.76. The van der Waals surface area contributed by atoms with Crippen molar-refractivity contribution < 1.29 is 15.0 Å². The second-order valence-electron chi connectivity index (χ2n) is 5.39. The van der Waals surface area contributed by atoms with Crippen molar-refractivity contribution in [2.24, 2.45) is 5.92 Å². The van der Waals surface area contributed by atoms with Crippen LogP contribution in [-0.2, 0) is 0 Å². The zero-order valence-corrected chi connectivity index (χ0v) is 11.5. The second kappa shape index (κ2) is 5.61. The fourth-order valence-electron chi connectivity index (χ4n) is 2.58. The normalized spacial score (nSPS) is 18.4. The number of aliphatic hydroxyl groups is 1. The Kier molecular flexibility index (Phi) is 4.10. The lowest BCUT2D eigenvalue weighted by Crippen LogP contribution is -2.40. The molecule has 1 unspecified atom stereocenters. The van der Waals surface area contributed by atoms with Crippen LogP contribution in [0.25, 0.3) is 0 Å². The molecule has 0 radical (unpaired) electrons. The third-order valence-electron chi connectivity index (χ3n) is 3.89. The fraction of sp³-hybridized carbons (Fsp3) is 0.533. The molecule has 0 bridgehead atoms. The molecule has 4 heteroatoms. The molecule has 1 aromatic carbocycles. The number of rotatable bonds is 2. The molecular weight excluding hydrogens is 242 g/mol. The molecule has 1 aliphatic rings. The Morgan fingerprint density at radius 2 is 2.00 bits per heavy atom. The molecule has 0 saturated carbocycles. The summed E-state index contributed by atoms with van der Waals surface area (Å²) >= 11 is 0. The smallest absolute Gasteiger partial charge is 0.257 e. The summed E-state index contributed by atoms with van der Waals surface area (Å²) < 4.78 is 0. The number of aliphatic hydroxyl groups excluding tert-OH is 1. The Morgan fingerprint density at radius 1 is 1.37 bits per heavy atom. The standard InChI is InChI=1S/C15H21NO3/c1-10-3-4-13(14(18)9-10)15(19)16-7-5-12(6-8-16)11(2)17/h3-4,9,11-12,17-18H,5-8H2,1-2H3. The molecule has 1 saturated heterocycles. The first-order chi connectivity index (χ1) is 8.99. The third kappa shape index (κ3) is 3.07. The van der Waals surface area contributed by atoms with Gasteiger partial charge in [-0.3, -0.25) is 4.79 Å². The number of phenolic OH excluding ortho intramolecular Hbond substituents is 1. The molecule has 1 aliphatic heterocycles. The van der Waals surface area contributed by atoms with Gasteiger partial charge in [0.2, 0.25) is 0 Å². The number of amides is 1. The number of hydrogen-bond acceptors (Lipinski definition) is 3. The van der Waals surface area contributed by atoms with E-state index in [9.17, 15) is 15.0 Å². The van der Waals surface area contributed by atoms with Gasteiger partial charge in [0.15, 0.2) is 0 Å². The van der Waals surface area contributed by atoms with Crippen molar-refractivity contribution in [3.63, 3.8) is 0 Å². The molecule has 0 aliphatic carbocycles. The van der Waals surface area contributed by atoms with Gasteiger partial charge in [0.25, 0.3) is 5.91 Å². The van der Waals surface area contributed by atoms with Gasteiger partial charge in [-0.2, -0.15) is 0 Å². The Balaban J connectivity index is 2.05. The molecule has 1 heterocycles. The van der Waals surface area contributed by atoms with Crippen LogP contribution in [0.3, 0.4) is 0 Å². The molecule has 1 aromatic rings. The van der Waals surface area contributed by atoms with E-state index in [1.54, 1.807) is 24.0 Å². The van der Waals surface area contributed by atoms with Gasteiger partial charge in [-0.1, -0.05) is 6.07 Å². The first kappa shape index (κ1) is 13.9. The van der Waals surface area contributed by atoms with Crippen molar-refractivity contribution in [1.82, 2.24) is 4.90 Å². The molecule has 19 heavy (non-hydrogen) atoms. The van der Waals surface area contributed by atoms with Crippen molar-refractivity contribution in [1.29, 1.82) is 0 Å². The Hall–Kier alpha value is -1.55. The van der Waals surface area contributed by atoms with Crippen LogP contribution in [0.5, 0.6) is 5.75 Å². The van der Waals surface area contributed by atoms with E-state index < -0.39 is 0 Å². The van der Waals surface area contributed by atoms with Gasteiger partial charge < -0.3 is 15.1 Å². The molecule has 2 N–H and O–H groups in total. The van der Waals surface area contributed by atoms with E-state index in [2.05, 4.69) is 0 Å². The third-order valence-corrected chi connectivity index (χ3v) is 3.89. The van der Waals surface area contributed by atoms with E-state index in [-0.39, 0.29) is 23.7 Å². The van der Waals surface area contributed by atoms with E-state index in [4.69, 9.17) is 0 Å². The molecular formula is C15H21NO3. The van der Waals surface area contributed by atoms with Gasteiger partial charge in [-0.15, -0.1) is 0 Å². The van der Waals surface area contributed by atoms with Crippen LogP contribution in [0.4, 0.5) is 0 Å². The first-order valence-corrected chi connectivity index (χ1v) is 6.76. The molecule has 4 nitrogen and oxygen atoms in total. The number of benzene rings is 1. The van der Waals surface area contributed by atoms with E-state index in [0.717, 1.165) is 18.4 Å². The van der Waals surface area contributed by atoms with Gasteiger partial charge in [0.05, 0.1) is 11.7 Å². The van der Waals surface area contributed by atoms with Crippen LogP contribution >= 0.6 is 0 Å². The molecule has 1 atom stereocenters. The molecule has 1 fully saturated rings. The highest BCUT2D eigenvalue weighted by Crippen LogP contribution is 2.25. The highest BCUT2D eigenvalue weighted by molar-refractivity contribution is 5.96. The van der Waals surface area contributed by atoms with Gasteiger partial charge in [-0.25, -0.2) is 0 Å². The van der Waals surface area contributed by atoms with Crippen molar-refractivity contribution in [2.45, 2.75) is 32.8 Å². The summed E-state index contributed by atoms with van der Waals surface area (Å²) in [6, 6.07) is 5.11. The topological polar surface area (TPSA) is 60.8 Å². The van der Waals surface area contributed by atoms with E-state index in [1.165, 1.54) is 0 Å². The van der Waals surface area contributed by atoms with Crippen LogP contribution < -0.4 is 0 Å². The maximum Gasteiger partial charge on any atom is 0.257 e. The quantitative estimate of drug-likeness (QED) is 0.857. The molecule has 104 valence electrons. The highest BCUT2D eigenvalue weighted by atomic mass is 16.3. The SMILES string of the molecule is Cc1ccc(C(=O)N2CCC(C(C)O)CC2)c(O)c1. The van der Waals surface area contributed by atoms with Crippen molar-refractivity contribution in [2.75, 3.05) is 13.1 Å². The Bertz CT molecular complexity index is 462. The Morgan fingerprint density at radius 3 is 2.53 bits per heavy atom. The van der Waals surface area contributed by atoms with Crippen molar-refractivity contribution in [3.8, 4) is 5.75 Å². The van der Waals surface area contributed by atoms with Crippen LogP contribution in [0, 0.1) is 12.8 Å². The second-order valence-corrected chi connectivity index (χ2v) is 5.39. The minimum absolute atomic E-state index is 0.0441. The summed E-state index contributed by atoms with van der Waals surface area (Å²) in [5.41, 5.74) is 1.29.